The van der Waals surface area contributed by atoms with Crippen LogP contribution in [0.2, 0.25) is 10.0 Å². The minimum absolute atomic E-state index is 0.101. The van der Waals surface area contributed by atoms with E-state index in [0.29, 0.717) is 24.4 Å². The van der Waals surface area contributed by atoms with Crippen molar-refractivity contribution in [2.75, 3.05) is 25.4 Å². The van der Waals surface area contributed by atoms with E-state index in [2.05, 4.69) is 10.1 Å². The van der Waals surface area contributed by atoms with E-state index >= 15 is 0 Å². The lowest BCUT2D eigenvalue weighted by molar-refractivity contribution is -0.135. The number of amides is 1. The first-order valence-electron chi connectivity index (χ1n) is 11.8. The Morgan fingerprint density at radius 3 is 2.61 bits per heavy atom. The number of hydrogen-bond acceptors (Lipinski definition) is 6. The Bertz CT molecular complexity index is 1200. The summed E-state index contributed by atoms with van der Waals surface area (Å²) in [6.07, 6.45) is 6.08. The molecule has 1 aromatic carbocycles. The molecule has 11 heteroatoms. The second-order valence-electron chi connectivity index (χ2n) is 8.10. The maximum Gasteiger partial charge on any atom is 0.248 e. The zero-order chi connectivity index (χ0) is 26.4. The molecule has 36 heavy (non-hydrogen) atoms. The van der Waals surface area contributed by atoms with Gasteiger partial charge < -0.3 is 20.5 Å². The van der Waals surface area contributed by atoms with Crippen LogP contribution in [0.1, 0.15) is 51.3 Å². The molecule has 3 N–H and O–H groups in total. The van der Waals surface area contributed by atoms with Gasteiger partial charge in [0.15, 0.2) is 11.6 Å². The number of carbonyl (C=O) groups excluding carboxylic acids is 1. The number of benzene rings is 1. The Morgan fingerprint density at radius 2 is 1.94 bits per heavy atom. The number of likely N-dealkylation sites (tertiary alicyclic amines) is 1. The summed E-state index contributed by atoms with van der Waals surface area (Å²) in [6, 6.07) is 4.51. The maximum atomic E-state index is 13.9. The number of hydrogen-bond donors (Lipinski definition) is 2. The Hall–Kier alpha value is -2.88. The first-order valence-corrected chi connectivity index (χ1v) is 12.5. The Morgan fingerprint density at radius 1 is 1.25 bits per heavy atom. The highest BCUT2D eigenvalue weighted by atomic mass is 35.5. The van der Waals surface area contributed by atoms with Crippen LogP contribution in [0.15, 0.2) is 36.8 Å². The van der Waals surface area contributed by atoms with Gasteiger partial charge >= 0.3 is 0 Å². The number of halogens is 3. The third kappa shape index (κ3) is 6.08. The molecule has 1 aliphatic rings. The van der Waals surface area contributed by atoms with Gasteiger partial charge in [-0.15, -0.1) is 0 Å². The van der Waals surface area contributed by atoms with Crippen molar-refractivity contribution in [3.8, 4) is 16.9 Å². The third-order valence-electron chi connectivity index (χ3n) is 5.93. The summed E-state index contributed by atoms with van der Waals surface area (Å²) in [6.45, 7) is 6.37. The summed E-state index contributed by atoms with van der Waals surface area (Å²) in [5.74, 6) is -0.358. The number of aliphatic hydroxyl groups is 1. The van der Waals surface area contributed by atoms with Crippen molar-refractivity contribution < 1.29 is 19.0 Å². The van der Waals surface area contributed by atoms with Gasteiger partial charge in [0.1, 0.15) is 18.5 Å². The molecule has 0 bridgehead atoms. The van der Waals surface area contributed by atoms with Crippen LogP contribution in [0.3, 0.4) is 0 Å². The number of ether oxygens (including phenoxy) is 1. The first-order chi connectivity index (χ1) is 17.3. The molecule has 0 spiro atoms. The lowest BCUT2D eigenvalue weighted by Gasteiger charge is -2.31. The fourth-order valence-electron chi connectivity index (χ4n) is 4.04. The van der Waals surface area contributed by atoms with Gasteiger partial charge in [-0.2, -0.15) is 5.10 Å². The average molecular weight is 538 g/mol. The van der Waals surface area contributed by atoms with E-state index in [9.17, 15) is 9.18 Å². The van der Waals surface area contributed by atoms with Gasteiger partial charge in [0.05, 0.1) is 17.3 Å². The van der Waals surface area contributed by atoms with Crippen LogP contribution < -0.4 is 10.5 Å². The number of rotatable bonds is 6. The summed E-state index contributed by atoms with van der Waals surface area (Å²) >= 11 is 12.3. The van der Waals surface area contributed by atoms with E-state index in [4.69, 9.17) is 38.8 Å². The molecule has 2 aromatic heterocycles. The minimum atomic E-state index is -0.676. The molecule has 0 saturated carbocycles. The predicted octanol–water partition coefficient (Wildman–Crippen LogP) is 5.30. The number of piperidine rings is 1. The van der Waals surface area contributed by atoms with Crippen LogP contribution in [0.4, 0.5) is 10.2 Å². The fourth-order valence-corrected chi connectivity index (χ4v) is 4.72. The highest BCUT2D eigenvalue weighted by Gasteiger charge is 2.24. The van der Waals surface area contributed by atoms with E-state index < -0.39 is 18.5 Å². The summed E-state index contributed by atoms with van der Waals surface area (Å²) in [7, 11) is 0. The molecule has 1 fully saturated rings. The smallest absolute Gasteiger partial charge is 0.248 e. The number of nitrogens with zero attached hydrogens (tertiary/aromatic N) is 4. The highest BCUT2D eigenvalue weighted by Crippen LogP contribution is 2.37. The number of pyridine rings is 1. The zero-order valence-electron chi connectivity index (χ0n) is 20.4. The van der Waals surface area contributed by atoms with Crippen LogP contribution in [-0.2, 0) is 4.79 Å². The van der Waals surface area contributed by atoms with Gasteiger partial charge in [0.2, 0.25) is 5.91 Å². The third-order valence-corrected chi connectivity index (χ3v) is 6.65. The van der Waals surface area contributed by atoms with Crippen molar-refractivity contribution >= 4 is 34.9 Å². The summed E-state index contributed by atoms with van der Waals surface area (Å²) in [5.41, 5.74) is 7.91. The largest absolute Gasteiger partial charge is 0.482 e. The van der Waals surface area contributed by atoms with Gasteiger partial charge in [-0.3, -0.25) is 9.48 Å². The topological polar surface area (TPSA) is 106 Å². The molecule has 0 aliphatic carbocycles. The lowest BCUT2D eigenvalue weighted by atomic mass is 10.1. The van der Waals surface area contributed by atoms with Gasteiger partial charge in [-0.05, 0) is 38.0 Å². The molecular weight excluding hydrogens is 508 g/mol. The molecule has 1 unspecified atom stereocenters. The predicted molar refractivity (Wildman–Crippen MR) is 139 cm³/mol. The fraction of sp³-hybridized carbons (Fsp3) is 0.400. The lowest BCUT2D eigenvalue weighted by Crippen LogP contribution is -2.40. The average Bonchev–Trinajstić information content (AvgIpc) is 3.39. The van der Waals surface area contributed by atoms with E-state index in [1.165, 1.54) is 12.1 Å². The number of nitrogen functional groups attached to an aromatic ring is 1. The molecule has 4 rings (SSSR count). The molecule has 3 heterocycles. The van der Waals surface area contributed by atoms with Crippen LogP contribution in [0.25, 0.3) is 11.1 Å². The van der Waals surface area contributed by atoms with E-state index in [1.54, 1.807) is 30.3 Å². The second kappa shape index (κ2) is 12.4. The number of aliphatic hydroxyl groups excluding tert-OH is 1. The SMILES string of the molecule is CC.CC(Oc1cc(-c2cnn(C3CCN(C(=O)CO)CC3)c2)cnc1N)c1c(Cl)ccc(F)c1Cl. The number of carbonyl (C=O) groups is 1. The van der Waals surface area contributed by atoms with Crippen molar-refractivity contribution in [1.82, 2.24) is 19.7 Å². The second-order valence-corrected chi connectivity index (χ2v) is 8.89. The molecule has 1 saturated heterocycles. The first kappa shape index (κ1) is 27.7. The number of nitrogens with two attached hydrogens (primary N) is 1. The highest BCUT2D eigenvalue weighted by molar-refractivity contribution is 6.36. The molecular formula is C25H30Cl2FN5O3. The van der Waals surface area contributed by atoms with Crippen LogP contribution in [0.5, 0.6) is 5.75 Å². The summed E-state index contributed by atoms with van der Waals surface area (Å²) < 4.78 is 21.8. The van der Waals surface area contributed by atoms with Crippen LogP contribution in [0, 0.1) is 5.82 Å². The van der Waals surface area contributed by atoms with Crippen LogP contribution >= 0.6 is 23.2 Å². The summed E-state index contributed by atoms with van der Waals surface area (Å²) in [5, 5.41) is 13.7. The Labute approximate surface area is 219 Å². The molecule has 3 aromatic rings. The normalized spacial score (nSPS) is 14.7. The van der Waals surface area contributed by atoms with Crippen molar-refractivity contribution in [2.45, 2.75) is 45.8 Å². The van der Waals surface area contributed by atoms with Crippen molar-refractivity contribution in [3.05, 3.63) is 58.2 Å². The molecule has 1 amide bonds. The Kier molecular flexibility index (Phi) is 9.53. The Balaban J connectivity index is 0.00000176. The molecule has 1 aliphatic heterocycles. The quantitative estimate of drug-likeness (QED) is 0.413. The molecule has 194 valence electrons. The summed E-state index contributed by atoms with van der Waals surface area (Å²) in [4.78, 5) is 17.6. The molecule has 8 nitrogen and oxygen atoms in total. The van der Waals surface area contributed by atoms with Crippen molar-refractivity contribution in [2.24, 2.45) is 0 Å². The number of anilines is 1. The van der Waals surface area contributed by atoms with Crippen LogP contribution in [-0.4, -0.2) is 50.4 Å². The van der Waals surface area contributed by atoms with Crippen molar-refractivity contribution in [1.29, 1.82) is 0 Å². The van der Waals surface area contributed by atoms with Gasteiger partial charge in [0.25, 0.3) is 0 Å². The maximum absolute atomic E-state index is 13.9. The van der Waals surface area contributed by atoms with Crippen molar-refractivity contribution in [3.63, 3.8) is 0 Å². The molecule has 1 atom stereocenters. The minimum Gasteiger partial charge on any atom is -0.482 e. The molecule has 0 radical (unpaired) electrons. The van der Waals surface area contributed by atoms with E-state index in [-0.39, 0.29) is 27.8 Å². The zero-order valence-corrected chi connectivity index (χ0v) is 21.9. The van der Waals surface area contributed by atoms with E-state index in [1.807, 2.05) is 24.7 Å². The van der Waals surface area contributed by atoms with Gasteiger partial charge in [-0.25, -0.2) is 9.37 Å². The van der Waals surface area contributed by atoms with Gasteiger partial charge in [0, 0.05) is 47.2 Å². The number of aromatic nitrogens is 3. The van der Waals surface area contributed by atoms with E-state index in [0.717, 1.165) is 24.0 Å². The standard InChI is InChI=1S/C23H24Cl2FN5O3.C2H6/c1-13(21-17(24)2-3-18(26)22(21)25)34-19-8-14(9-28-23(19)27)15-10-29-31(11-15)16-4-6-30(7-5-16)20(33)12-32;1-2/h2-3,8-11,13,16,32H,4-7,12H2,1H3,(H2,27,28);1-2H3. The monoisotopic (exact) mass is 537 g/mol. The van der Waals surface area contributed by atoms with Gasteiger partial charge in [-0.1, -0.05) is 37.0 Å².